The summed E-state index contributed by atoms with van der Waals surface area (Å²) in [6.45, 7) is 1.60. The van der Waals surface area contributed by atoms with E-state index < -0.39 is 22.2 Å². The molecule has 0 saturated carbocycles. The first-order valence-corrected chi connectivity index (χ1v) is 9.38. The van der Waals surface area contributed by atoms with Crippen molar-refractivity contribution >= 4 is 21.4 Å². The zero-order chi connectivity index (χ0) is 18.8. The summed E-state index contributed by atoms with van der Waals surface area (Å²) in [5.74, 6) is -0.633. The lowest BCUT2D eigenvalue weighted by atomic mass is 10.2. The molecule has 1 fully saturated rings. The van der Waals surface area contributed by atoms with Crippen LogP contribution in [-0.4, -0.2) is 56.2 Å². The topological polar surface area (TPSA) is 75.7 Å². The van der Waals surface area contributed by atoms with Crippen LogP contribution in [0.1, 0.15) is 13.3 Å². The molecule has 2 rings (SSSR count). The van der Waals surface area contributed by atoms with Crippen LogP contribution in [0.4, 0.5) is 18.9 Å². The molecule has 1 aromatic rings. The number of carbonyl (C=O) groups is 1. The molecule has 1 aromatic carbocycles. The van der Waals surface area contributed by atoms with E-state index in [0.717, 1.165) is 12.1 Å². The van der Waals surface area contributed by atoms with E-state index in [0.29, 0.717) is 12.1 Å². The Kier molecular flexibility index (Phi) is 5.50. The molecule has 1 N–H and O–H groups in total. The van der Waals surface area contributed by atoms with Crippen LogP contribution in [0, 0.1) is 0 Å². The standard InChI is InChI=1S/C15H19F3N2O4S/c1-10(14(21)20(2)12-7-8-25(22,23)9-12)19-11-3-5-13(6-4-11)24-15(16,17)18/h3-6,10,12,19H,7-9H2,1-2H3. The number of rotatable bonds is 5. The number of benzene rings is 1. The molecule has 0 bridgehead atoms. The van der Waals surface area contributed by atoms with Crippen LogP contribution in [0.2, 0.25) is 0 Å². The Bertz CT molecular complexity index is 719. The number of ether oxygens (including phenoxy) is 1. The molecule has 25 heavy (non-hydrogen) atoms. The summed E-state index contributed by atoms with van der Waals surface area (Å²) >= 11 is 0. The number of nitrogens with zero attached hydrogens (tertiary/aromatic N) is 1. The average molecular weight is 380 g/mol. The Labute approximate surface area is 143 Å². The molecule has 6 nitrogen and oxygen atoms in total. The number of nitrogens with one attached hydrogen (secondary N) is 1. The summed E-state index contributed by atoms with van der Waals surface area (Å²) in [6.07, 6.45) is -4.36. The van der Waals surface area contributed by atoms with Crippen molar-refractivity contribution in [2.75, 3.05) is 23.9 Å². The predicted octanol–water partition coefficient (Wildman–Crippen LogP) is 2.03. The van der Waals surface area contributed by atoms with Crippen molar-refractivity contribution in [3.63, 3.8) is 0 Å². The number of anilines is 1. The van der Waals surface area contributed by atoms with Crippen LogP contribution >= 0.6 is 0 Å². The van der Waals surface area contributed by atoms with Crippen LogP contribution in [0.25, 0.3) is 0 Å². The highest BCUT2D eigenvalue weighted by atomic mass is 32.2. The number of halogens is 3. The fourth-order valence-corrected chi connectivity index (χ4v) is 4.41. The second-order valence-corrected chi connectivity index (χ2v) is 8.17. The van der Waals surface area contributed by atoms with Gasteiger partial charge in [-0.3, -0.25) is 4.79 Å². The van der Waals surface area contributed by atoms with Gasteiger partial charge in [0.05, 0.1) is 11.5 Å². The van der Waals surface area contributed by atoms with E-state index in [1.165, 1.54) is 17.0 Å². The largest absolute Gasteiger partial charge is 0.573 e. The van der Waals surface area contributed by atoms with E-state index in [1.54, 1.807) is 14.0 Å². The molecule has 1 saturated heterocycles. The third kappa shape index (κ3) is 5.52. The number of hydrogen-bond acceptors (Lipinski definition) is 5. The van der Waals surface area contributed by atoms with Crippen LogP contribution in [-0.2, 0) is 14.6 Å². The minimum atomic E-state index is -4.76. The summed E-state index contributed by atoms with van der Waals surface area (Å²) in [4.78, 5) is 13.8. The van der Waals surface area contributed by atoms with Gasteiger partial charge in [-0.15, -0.1) is 13.2 Å². The number of amides is 1. The predicted molar refractivity (Wildman–Crippen MR) is 86.0 cm³/mol. The Morgan fingerprint density at radius 2 is 1.92 bits per heavy atom. The highest BCUT2D eigenvalue weighted by Gasteiger charge is 2.34. The molecule has 0 aliphatic carbocycles. The lowest BCUT2D eigenvalue weighted by molar-refractivity contribution is -0.274. The first-order chi connectivity index (χ1) is 11.5. The van der Waals surface area contributed by atoms with Crippen molar-refractivity contribution in [3.8, 4) is 5.75 Å². The minimum Gasteiger partial charge on any atom is -0.406 e. The molecule has 1 heterocycles. The fraction of sp³-hybridized carbons (Fsp3) is 0.533. The van der Waals surface area contributed by atoms with Gasteiger partial charge in [-0.25, -0.2) is 8.42 Å². The quantitative estimate of drug-likeness (QED) is 0.846. The molecule has 0 aromatic heterocycles. The molecule has 10 heteroatoms. The summed E-state index contributed by atoms with van der Waals surface area (Å²) in [5.41, 5.74) is 0.447. The van der Waals surface area contributed by atoms with Crippen molar-refractivity contribution in [1.29, 1.82) is 0 Å². The van der Waals surface area contributed by atoms with Gasteiger partial charge in [-0.1, -0.05) is 0 Å². The maximum absolute atomic E-state index is 12.4. The molecule has 140 valence electrons. The lowest BCUT2D eigenvalue weighted by Gasteiger charge is -2.27. The smallest absolute Gasteiger partial charge is 0.406 e. The van der Waals surface area contributed by atoms with Gasteiger partial charge in [-0.05, 0) is 37.6 Å². The van der Waals surface area contributed by atoms with E-state index in [-0.39, 0.29) is 29.2 Å². The fourth-order valence-electron chi connectivity index (χ4n) is 2.63. The number of likely N-dealkylation sites (N-methyl/N-ethyl adjacent to an activating group) is 1. The van der Waals surface area contributed by atoms with Gasteiger partial charge in [0.1, 0.15) is 11.8 Å². The summed E-state index contributed by atoms with van der Waals surface area (Å²) < 4.78 is 63.2. The third-order valence-electron chi connectivity index (χ3n) is 3.95. The maximum atomic E-state index is 12.4. The Hall–Kier alpha value is -1.97. The normalized spacial score (nSPS) is 20.8. The SMILES string of the molecule is CC(Nc1ccc(OC(F)(F)F)cc1)C(=O)N(C)C1CCS(=O)(=O)C1. The van der Waals surface area contributed by atoms with E-state index in [1.807, 2.05) is 0 Å². The van der Waals surface area contributed by atoms with Crippen LogP contribution in [0.15, 0.2) is 24.3 Å². The highest BCUT2D eigenvalue weighted by Crippen LogP contribution is 2.24. The monoisotopic (exact) mass is 380 g/mol. The van der Waals surface area contributed by atoms with Gasteiger partial charge in [0.15, 0.2) is 9.84 Å². The Morgan fingerprint density at radius 1 is 1.32 bits per heavy atom. The molecule has 2 unspecified atom stereocenters. The molecule has 0 radical (unpaired) electrons. The zero-order valence-corrected chi connectivity index (χ0v) is 14.5. The van der Waals surface area contributed by atoms with Crippen molar-refractivity contribution in [1.82, 2.24) is 4.90 Å². The Morgan fingerprint density at radius 3 is 2.40 bits per heavy atom. The van der Waals surface area contributed by atoms with Gasteiger partial charge in [0.25, 0.3) is 0 Å². The number of alkyl halides is 3. The summed E-state index contributed by atoms with van der Waals surface area (Å²) in [7, 11) is -1.55. The van der Waals surface area contributed by atoms with Crippen molar-refractivity contribution < 1.29 is 31.1 Å². The molecular formula is C15H19F3N2O4S. The van der Waals surface area contributed by atoms with E-state index in [9.17, 15) is 26.4 Å². The molecular weight excluding hydrogens is 361 g/mol. The lowest BCUT2D eigenvalue weighted by Crippen LogP contribution is -2.45. The van der Waals surface area contributed by atoms with Gasteiger partial charge >= 0.3 is 6.36 Å². The zero-order valence-electron chi connectivity index (χ0n) is 13.7. The van der Waals surface area contributed by atoms with Gasteiger partial charge in [0.2, 0.25) is 5.91 Å². The number of carbonyl (C=O) groups excluding carboxylic acids is 1. The van der Waals surface area contributed by atoms with E-state index >= 15 is 0 Å². The first-order valence-electron chi connectivity index (χ1n) is 7.56. The van der Waals surface area contributed by atoms with Gasteiger partial charge in [0, 0.05) is 18.8 Å². The molecule has 1 amide bonds. The minimum absolute atomic E-state index is 0.0502. The van der Waals surface area contributed by atoms with Crippen LogP contribution in [0.5, 0.6) is 5.75 Å². The van der Waals surface area contributed by atoms with Crippen molar-refractivity contribution in [2.24, 2.45) is 0 Å². The summed E-state index contributed by atoms with van der Waals surface area (Å²) in [6, 6.07) is 3.99. The highest BCUT2D eigenvalue weighted by molar-refractivity contribution is 7.91. The summed E-state index contributed by atoms with van der Waals surface area (Å²) in [5, 5.41) is 2.88. The van der Waals surface area contributed by atoms with E-state index in [4.69, 9.17) is 0 Å². The van der Waals surface area contributed by atoms with Crippen LogP contribution in [0.3, 0.4) is 0 Å². The average Bonchev–Trinajstić information content (AvgIpc) is 2.86. The Balaban J connectivity index is 1.94. The molecule has 0 spiro atoms. The number of sulfone groups is 1. The van der Waals surface area contributed by atoms with Crippen molar-refractivity contribution in [2.45, 2.75) is 31.8 Å². The number of hydrogen-bond donors (Lipinski definition) is 1. The second kappa shape index (κ2) is 7.11. The molecule has 1 aliphatic heterocycles. The first kappa shape index (κ1) is 19.4. The molecule has 1 aliphatic rings. The third-order valence-corrected chi connectivity index (χ3v) is 5.70. The maximum Gasteiger partial charge on any atom is 0.573 e. The van der Waals surface area contributed by atoms with E-state index in [2.05, 4.69) is 10.1 Å². The van der Waals surface area contributed by atoms with Crippen LogP contribution < -0.4 is 10.1 Å². The van der Waals surface area contributed by atoms with Gasteiger partial charge in [-0.2, -0.15) is 0 Å². The van der Waals surface area contributed by atoms with Gasteiger partial charge < -0.3 is 15.0 Å². The second-order valence-electron chi connectivity index (χ2n) is 5.94. The van der Waals surface area contributed by atoms with Crippen molar-refractivity contribution in [3.05, 3.63) is 24.3 Å². The molecule has 2 atom stereocenters.